The summed E-state index contributed by atoms with van der Waals surface area (Å²) < 4.78 is 30.7. The fourth-order valence-corrected chi connectivity index (χ4v) is 4.91. The first kappa shape index (κ1) is 17.3. The van der Waals surface area contributed by atoms with Crippen molar-refractivity contribution >= 4 is 43.2 Å². The van der Waals surface area contributed by atoms with Gasteiger partial charge in [0.15, 0.2) is 0 Å². The highest BCUT2D eigenvalue weighted by atomic mass is 32.2. The fraction of sp³-hybridized carbons (Fsp3) is 0.500. The Morgan fingerprint density at radius 3 is 2.79 bits per heavy atom. The van der Waals surface area contributed by atoms with Crippen molar-refractivity contribution in [2.75, 3.05) is 18.1 Å². The number of amides is 1. The Kier molecular flexibility index (Phi) is 5.17. The second-order valence-corrected chi connectivity index (χ2v) is 8.99. The van der Waals surface area contributed by atoms with Crippen molar-refractivity contribution in [2.45, 2.75) is 38.1 Å². The molecule has 0 spiro atoms. The second-order valence-electron chi connectivity index (χ2n) is 6.23. The first-order chi connectivity index (χ1) is 11.4. The molecule has 3 rings (SSSR count). The molecule has 0 radical (unpaired) electrons. The van der Waals surface area contributed by atoms with Gasteiger partial charge in [0.2, 0.25) is 15.9 Å². The van der Waals surface area contributed by atoms with Crippen LogP contribution in [0.1, 0.15) is 32.1 Å². The molecule has 1 aromatic heterocycles. The summed E-state index contributed by atoms with van der Waals surface area (Å²) in [4.78, 5) is 12.4. The van der Waals surface area contributed by atoms with E-state index in [4.69, 9.17) is 0 Å². The van der Waals surface area contributed by atoms with Gasteiger partial charge in [-0.05, 0) is 42.6 Å². The molecule has 1 saturated carbocycles. The number of benzene rings is 1. The van der Waals surface area contributed by atoms with Gasteiger partial charge in [0.1, 0.15) is 0 Å². The van der Waals surface area contributed by atoms with Crippen molar-refractivity contribution < 1.29 is 13.2 Å². The topological polar surface area (TPSA) is 79.4 Å². The molecule has 1 fully saturated rings. The lowest BCUT2D eigenvalue weighted by Crippen LogP contribution is -2.45. The molecule has 24 heavy (non-hydrogen) atoms. The third-order valence-electron chi connectivity index (χ3n) is 4.34. The predicted octanol–water partition coefficient (Wildman–Crippen LogP) is 2.83. The van der Waals surface area contributed by atoms with Gasteiger partial charge in [-0.25, -0.2) is 8.42 Å². The van der Waals surface area contributed by atoms with E-state index in [1.54, 1.807) is 6.20 Å². The zero-order chi connectivity index (χ0) is 17.2. The van der Waals surface area contributed by atoms with E-state index in [0.29, 0.717) is 5.69 Å². The van der Waals surface area contributed by atoms with Crippen LogP contribution in [0.5, 0.6) is 0 Å². The third-order valence-corrected chi connectivity index (χ3v) is 6.40. The van der Waals surface area contributed by atoms with Gasteiger partial charge in [-0.15, -0.1) is 0 Å². The molecule has 1 aliphatic rings. The van der Waals surface area contributed by atoms with Crippen LogP contribution in [0, 0.1) is 0 Å². The summed E-state index contributed by atoms with van der Waals surface area (Å²) in [5.41, 5.74) is 0.657. The summed E-state index contributed by atoms with van der Waals surface area (Å²) in [6, 6.07) is 5.49. The van der Waals surface area contributed by atoms with Gasteiger partial charge >= 0.3 is 0 Å². The highest BCUT2D eigenvalue weighted by Crippen LogP contribution is 2.25. The molecule has 130 valence electrons. The van der Waals surface area contributed by atoms with Crippen LogP contribution in [0.15, 0.2) is 24.4 Å². The maximum absolute atomic E-state index is 12.4. The largest absolute Gasteiger partial charge is 0.325 e. The molecule has 6 nitrogen and oxygen atoms in total. The minimum Gasteiger partial charge on any atom is -0.325 e. The van der Waals surface area contributed by atoms with Gasteiger partial charge in [0.25, 0.3) is 0 Å². The van der Waals surface area contributed by atoms with Crippen LogP contribution in [-0.4, -0.2) is 41.8 Å². The molecule has 2 aromatic rings. The Morgan fingerprint density at radius 1 is 1.33 bits per heavy atom. The number of aromatic nitrogens is 1. The molecule has 8 heteroatoms. The molecule has 1 aliphatic carbocycles. The molecule has 1 N–H and O–H groups in total. The number of fused-ring (bicyclic) bond motifs is 1. The molecular weight excluding hydrogens is 346 g/mol. The lowest BCUT2D eigenvalue weighted by atomic mass is 9.95. The van der Waals surface area contributed by atoms with E-state index in [1.807, 2.05) is 18.2 Å². The smallest absolute Gasteiger partial charge is 0.239 e. The summed E-state index contributed by atoms with van der Waals surface area (Å²) >= 11 is 1.40. The molecule has 1 heterocycles. The summed E-state index contributed by atoms with van der Waals surface area (Å²) in [5.74, 6) is -0.312. The molecule has 0 atom stereocenters. The number of hydrogen-bond donors (Lipinski definition) is 1. The maximum atomic E-state index is 12.4. The van der Waals surface area contributed by atoms with Crippen LogP contribution in [0.4, 0.5) is 5.69 Å². The van der Waals surface area contributed by atoms with Crippen LogP contribution >= 0.6 is 11.5 Å². The van der Waals surface area contributed by atoms with Gasteiger partial charge in [-0.1, -0.05) is 19.3 Å². The van der Waals surface area contributed by atoms with E-state index < -0.39 is 10.0 Å². The van der Waals surface area contributed by atoms with E-state index in [2.05, 4.69) is 9.69 Å². The van der Waals surface area contributed by atoms with E-state index in [1.165, 1.54) is 22.1 Å². The quantitative estimate of drug-likeness (QED) is 0.881. The standard InChI is InChI=1S/C16H21N3O3S2/c1-24(21,22)19(14-5-3-2-4-6-14)11-16(20)18-13-7-8-15-12(9-13)10-17-23-15/h7-10,14H,2-6,11H2,1H3,(H,18,20). The van der Waals surface area contributed by atoms with Crippen molar-refractivity contribution in [2.24, 2.45) is 0 Å². The fourth-order valence-electron chi connectivity index (χ4n) is 3.18. The summed E-state index contributed by atoms with van der Waals surface area (Å²) in [7, 11) is -3.41. The number of sulfonamides is 1. The molecule has 1 amide bonds. The minimum absolute atomic E-state index is 0.0666. The highest BCUT2D eigenvalue weighted by molar-refractivity contribution is 7.88. The number of nitrogens with one attached hydrogen (secondary N) is 1. The Balaban J connectivity index is 1.70. The number of carbonyl (C=O) groups is 1. The summed E-state index contributed by atoms with van der Waals surface area (Å²) in [5, 5.41) is 3.76. The van der Waals surface area contributed by atoms with Crippen LogP contribution in [-0.2, 0) is 14.8 Å². The van der Waals surface area contributed by atoms with E-state index in [9.17, 15) is 13.2 Å². The van der Waals surface area contributed by atoms with Crippen molar-refractivity contribution in [3.05, 3.63) is 24.4 Å². The Labute approximate surface area is 146 Å². The minimum atomic E-state index is -3.41. The average Bonchev–Trinajstić information content (AvgIpc) is 3.00. The van der Waals surface area contributed by atoms with Crippen LogP contribution in [0.2, 0.25) is 0 Å². The molecular formula is C16H21N3O3S2. The molecule has 0 bridgehead atoms. The SMILES string of the molecule is CS(=O)(=O)N(CC(=O)Nc1ccc2sncc2c1)C1CCCCC1. The Morgan fingerprint density at radius 2 is 2.08 bits per heavy atom. The predicted molar refractivity (Wildman–Crippen MR) is 96.7 cm³/mol. The van der Waals surface area contributed by atoms with E-state index in [-0.39, 0.29) is 18.5 Å². The van der Waals surface area contributed by atoms with Gasteiger partial charge < -0.3 is 5.32 Å². The lowest BCUT2D eigenvalue weighted by molar-refractivity contribution is -0.116. The number of nitrogens with zero attached hydrogens (tertiary/aromatic N) is 2. The zero-order valence-electron chi connectivity index (χ0n) is 13.6. The number of carbonyl (C=O) groups excluding carboxylic acids is 1. The first-order valence-corrected chi connectivity index (χ1v) is 10.7. The van der Waals surface area contributed by atoms with Crippen LogP contribution in [0.3, 0.4) is 0 Å². The summed E-state index contributed by atoms with van der Waals surface area (Å²) in [6.07, 6.45) is 7.74. The molecule has 1 aromatic carbocycles. The highest BCUT2D eigenvalue weighted by Gasteiger charge is 2.29. The van der Waals surface area contributed by atoms with Crippen LogP contribution in [0.25, 0.3) is 10.1 Å². The molecule has 0 aliphatic heterocycles. The van der Waals surface area contributed by atoms with Crippen molar-refractivity contribution in [3.8, 4) is 0 Å². The lowest BCUT2D eigenvalue weighted by Gasteiger charge is -2.31. The van der Waals surface area contributed by atoms with Crippen LogP contribution < -0.4 is 5.32 Å². The number of rotatable bonds is 5. The van der Waals surface area contributed by atoms with Gasteiger partial charge in [-0.3, -0.25) is 4.79 Å². The summed E-state index contributed by atoms with van der Waals surface area (Å²) in [6.45, 7) is -0.135. The van der Waals surface area contributed by atoms with Gasteiger partial charge in [0, 0.05) is 23.3 Å². The molecule has 0 saturated heterocycles. The second kappa shape index (κ2) is 7.16. The first-order valence-electron chi connectivity index (χ1n) is 8.04. The third kappa shape index (κ3) is 4.12. The monoisotopic (exact) mass is 367 g/mol. The van der Waals surface area contributed by atoms with Gasteiger partial charge in [-0.2, -0.15) is 8.68 Å². The van der Waals surface area contributed by atoms with Crippen molar-refractivity contribution in [1.82, 2.24) is 8.68 Å². The normalized spacial score (nSPS) is 16.6. The maximum Gasteiger partial charge on any atom is 0.239 e. The zero-order valence-corrected chi connectivity index (χ0v) is 15.2. The number of hydrogen-bond acceptors (Lipinski definition) is 5. The van der Waals surface area contributed by atoms with E-state index >= 15 is 0 Å². The van der Waals surface area contributed by atoms with Crippen molar-refractivity contribution in [1.29, 1.82) is 0 Å². The van der Waals surface area contributed by atoms with Gasteiger partial charge in [0.05, 0.1) is 17.5 Å². The van der Waals surface area contributed by atoms with E-state index in [0.717, 1.165) is 42.2 Å². The Bertz CT molecular complexity index is 826. The number of anilines is 1. The average molecular weight is 367 g/mol. The Hall–Kier alpha value is -1.51. The van der Waals surface area contributed by atoms with Crippen molar-refractivity contribution in [3.63, 3.8) is 0 Å². The molecule has 0 unspecified atom stereocenters.